The third kappa shape index (κ3) is 4.52. The van der Waals surface area contributed by atoms with Crippen molar-refractivity contribution in [1.29, 1.82) is 0 Å². The number of rotatable bonds is 4. The number of sulfonamides is 1. The van der Waals surface area contributed by atoms with E-state index in [0.717, 1.165) is 41.0 Å². The summed E-state index contributed by atoms with van der Waals surface area (Å²) in [7, 11) is -3.46. The second kappa shape index (κ2) is 7.66. The minimum atomic E-state index is -3.46. The van der Waals surface area contributed by atoms with Crippen molar-refractivity contribution >= 4 is 55.9 Å². The van der Waals surface area contributed by atoms with Gasteiger partial charge >= 0.3 is 0 Å². The molecule has 4 rings (SSSR count). The van der Waals surface area contributed by atoms with E-state index < -0.39 is 10.0 Å². The van der Waals surface area contributed by atoms with E-state index in [0.29, 0.717) is 15.6 Å². The number of amides is 1. The van der Waals surface area contributed by atoms with Gasteiger partial charge in [-0.15, -0.1) is 11.3 Å². The molecule has 1 aliphatic rings. The lowest BCUT2D eigenvalue weighted by Gasteiger charge is -2.09. The zero-order chi connectivity index (χ0) is 20.6. The normalized spacial score (nSPS) is 12.9. The lowest BCUT2D eigenvalue weighted by molar-refractivity contribution is 0.103. The molecule has 0 bridgehead atoms. The van der Waals surface area contributed by atoms with Gasteiger partial charge in [0.1, 0.15) is 0 Å². The smallest absolute Gasteiger partial charge is 0.265 e. The van der Waals surface area contributed by atoms with Crippen molar-refractivity contribution in [3.05, 3.63) is 57.4 Å². The number of pyridine rings is 1. The molecule has 0 unspecified atom stereocenters. The molecular weight excluding hydrogens is 432 g/mol. The first kappa shape index (κ1) is 19.7. The lowest BCUT2D eigenvalue weighted by Crippen LogP contribution is -2.12. The highest BCUT2D eigenvalue weighted by molar-refractivity contribution is 7.92. The molecule has 1 aliphatic heterocycles. The molecule has 29 heavy (non-hydrogen) atoms. The van der Waals surface area contributed by atoms with Crippen LogP contribution in [0.1, 0.15) is 14.5 Å². The molecular formula is C19H17ClN4O3S2. The molecule has 7 nitrogen and oxygen atoms in total. The molecule has 1 amide bonds. The SMILES string of the molecule is CS(=O)(=O)Nc1cc(Cl)cc(NC(=O)c2cc3c(s2)CCNc2cccnc2-3)c1. The van der Waals surface area contributed by atoms with Crippen molar-refractivity contribution in [2.24, 2.45) is 0 Å². The highest BCUT2D eigenvalue weighted by atomic mass is 35.5. The van der Waals surface area contributed by atoms with Gasteiger partial charge in [-0.1, -0.05) is 11.6 Å². The first-order chi connectivity index (χ1) is 13.8. The Morgan fingerprint density at radius 3 is 2.83 bits per heavy atom. The largest absolute Gasteiger partial charge is 0.383 e. The zero-order valence-electron chi connectivity index (χ0n) is 15.3. The third-order valence-electron chi connectivity index (χ3n) is 4.22. The van der Waals surface area contributed by atoms with Crippen LogP contribution >= 0.6 is 22.9 Å². The fourth-order valence-corrected chi connectivity index (χ4v) is 4.96. The Balaban J connectivity index is 1.62. The summed E-state index contributed by atoms with van der Waals surface area (Å²) in [5.74, 6) is -0.291. The Labute approximate surface area is 177 Å². The van der Waals surface area contributed by atoms with Crippen LogP contribution in [0.25, 0.3) is 11.3 Å². The fourth-order valence-electron chi connectivity index (χ4n) is 3.13. The number of aromatic nitrogens is 1. The molecule has 0 saturated heterocycles. The van der Waals surface area contributed by atoms with Crippen LogP contribution in [0.5, 0.6) is 0 Å². The molecule has 0 saturated carbocycles. The number of hydrogen-bond acceptors (Lipinski definition) is 6. The summed E-state index contributed by atoms with van der Waals surface area (Å²) in [6.07, 6.45) is 3.57. The average Bonchev–Trinajstić information content (AvgIpc) is 2.97. The van der Waals surface area contributed by atoms with Crippen molar-refractivity contribution in [1.82, 2.24) is 4.98 Å². The van der Waals surface area contributed by atoms with Gasteiger partial charge in [0.25, 0.3) is 5.91 Å². The summed E-state index contributed by atoms with van der Waals surface area (Å²) in [6, 6.07) is 10.2. The van der Waals surface area contributed by atoms with Gasteiger partial charge in [0.15, 0.2) is 0 Å². The molecule has 0 spiro atoms. The van der Waals surface area contributed by atoms with Gasteiger partial charge in [-0.05, 0) is 42.8 Å². The minimum absolute atomic E-state index is 0.279. The Morgan fingerprint density at radius 2 is 2.03 bits per heavy atom. The average molecular weight is 449 g/mol. The number of anilines is 3. The number of nitrogens with zero attached hydrogens (tertiary/aromatic N) is 1. The van der Waals surface area contributed by atoms with Crippen molar-refractivity contribution < 1.29 is 13.2 Å². The lowest BCUT2D eigenvalue weighted by atomic mass is 10.1. The van der Waals surface area contributed by atoms with E-state index in [2.05, 4.69) is 20.3 Å². The summed E-state index contributed by atoms with van der Waals surface area (Å²) in [5.41, 5.74) is 3.41. The number of hydrogen-bond donors (Lipinski definition) is 3. The van der Waals surface area contributed by atoms with Gasteiger partial charge in [-0.25, -0.2) is 8.42 Å². The molecule has 2 aromatic heterocycles. The number of carbonyl (C=O) groups excluding carboxylic acids is 1. The van der Waals surface area contributed by atoms with Crippen LogP contribution in [0.15, 0.2) is 42.6 Å². The molecule has 1 aromatic carbocycles. The number of carbonyl (C=O) groups is 1. The molecule has 0 fully saturated rings. The predicted molar refractivity (Wildman–Crippen MR) is 118 cm³/mol. The standard InChI is InChI=1S/C19H17ClN4O3S2/c1-29(26,27)24-13-8-11(20)7-12(9-13)23-19(25)17-10-14-16(28-17)4-6-21-15-3-2-5-22-18(14)15/h2-3,5,7-10,21,24H,4,6H2,1H3,(H,23,25). The maximum atomic E-state index is 12.8. The quantitative estimate of drug-likeness (QED) is 0.559. The Hall–Kier alpha value is -2.62. The third-order valence-corrected chi connectivity index (χ3v) is 6.24. The van der Waals surface area contributed by atoms with Crippen molar-refractivity contribution in [2.45, 2.75) is 6.42 Å². The topological polar surface area (TPSA) is 100 Å². The molecule has 10 heteroatoms. The number of nitrogens with one attached hydrogen (secondary N) is 3. The van der Waals surface area contributed by atoms with Crippen molar-refractivity contribution in [2.75, 3.05) is 28.2 Å². The summed E-state index contributed by atoms with van der Waals surface area (Å²) in [4.78, 5) is 18.9. The molecule has 0 radical (unpaired) electrons. The van der Waals surface area contributed by atoms with Gasteiger partial charge in [0.2, 0.25) is 10.0 Å². The molecule has 3 aromatic rings. The first-order valence-electron chi connectivity index (χ1n) is 8.70. The van der Waals surface area contributed by atoms with E-state index in [-0.39, 0.29) is 11.6 Å². The number of halogens is 1. The maximum absolute atomic E-state index is 12.8. The van der Waals surface area contributed by atoms with Gasteiger partial charge in [-0.2, -0.15) is 0 Å². The Bertz CT molecular complexity index is 1210. The van der Waals surface area contributed by atoms with E-state index in [4.69, 9.17) is 11.6 Å². The number of thiophene rings is 1. The Kier molecular flexibility index (Phi) is 5.20. The van der Waals surface area contributed by atoms with E-state index in [9.17, 15) is 13.2 Å². The van der Waals surface area contributed by atoms with Crippen molar-refractivity contribution in [3.8, 4) is 11.3 Å². The number of benzene rings is 1. The second-order valence-corrected chi connectivity index (χ2v) is 9.90. The van der Waals surface area contributed by atoms with Crippen LogP contribution in [-0.4, -0.2) is 32.1 Å². The van der Waals surface area contributed by atoms with Crippen molar-refractivity contribution in [3.63, 3.8) is 0 Å². The van der Waals surface area contributed by atoms with Gasteiger partial charge in [-0.3, -0.25) is 14.5 Å². The summed E-state index contributed by atoms with van der Waals surface area (Å²) in [5, 5.41) is 6.45. The van der Waals surface area contributed by atoms with Crippen LogP contribution in [0, 0.1) is 0 Å². The second-order valence-electron chi connectivity index (χ2n) is 6.58. The van der Waals surface area contributed by atoms with E-state index in [1.165, 1.54) is 23.5 Å². The van der Waals surface area contributed by atoms with Crippen LogP contribution < -0.4 is 15.4 Å². The van der Waals surface area contributed by atoms with Gasteiger partial charge in [0, 0.05) is 33.9 Å². The van der Waals surface area contributed by atoms with E-state index >= 15 is 0 Å². The predicted octanol–water partition coefficient (Wildman–Crippen LogP) is 4.06. The molecule has 3 N–H and O–H groups in total. The van der Waals surface area contributed by atoms with Crippen LogP contribution in [0.2, 0.25) is 5.02 Å². The maximum Gasteiger partial charge on any atom is 0.265 e. The first-order valence-corrected chi connectivity index (χ1v) is 11.8. The fraction of sp³-hybridized carbons (Fsp3) is 0.158. The van der Waals surface area contributed by atoms with Gasteiger partial charge in [0.05, 0.1) is 28.2 Å². The molecule has 0 aliphatic carbocycles. The van der Waals surface area contributed by atoms with Crippen LogP contribution in [0.4, 0.5) is 17.1 Å². The Morgan fingerprint density at radius 1 is 1.24 bits per heavy atom. The summed E-state index contributed by atoms with van der Waals surface area (Å²) >= 11 is 7.49. The monoisotopic (exact) mass is 448 g/mol. The van der Waals surface area contributed by atoms with E-state index in [1.807, 2.05) is 18.2 Å². The summed E-state index contributed by atoms with van der Waals surface area (Å²) < 4.78 is 25.3. The zero-order valence-corrected chi connectivity index (χ0v) is 17.7. The van der Waals surface area contributed by atoms with Crippen LogP contribution in [-0.2, 0) is 16.4 Å². The summed E-state index contributed by atoms with van der Waals surface area (Å²) in [6.45, 7) is 0.766. The minimum Gasteiger partial charge on any atom is -0.383 e. The van der Waals surface area contributed by atoms with E-state index in [1.54, 1.807) is 12.3 Å². The molecule has 3 heterocycles. The highest BCUT2D eigenvalue weighted by Gasteiger charge is 2.21. The van der Waals surface area contributed by atoms with Gasteiger partial charge < -0.3 is 10.6 Å². The molecule has 150 valence electrons. The molecule has 0 atom stereocenters. The van der Waals surface area contributed by atoms with Crippen LogP contribution in [0.3, 0.4) is 0 Å². The number of fused-ring (bicyclic) bond motifs is 3. The highest BCUT2D eigenvalue weighted by Crippen LogP contribution is 2.37.